The number of nitrogens with one attached hydrogen (secondary N) is 1. The van der Waals surface area contributed by atoms with Crippen LogP contribution in [0.5, 0.6) is 5.75 Å². The van der Waals surface area contributed by atoms with E-state index in [4.69, 9.17) is 4.74 Å². The van der Waals surface area contributed by atoms with Crippen LogP contribution in [0, 0.1) is 5.41 Å². The van der Waals surface area contributed by atoms with E-state index in [-0.39, 0.29) is 11.3 Å². The third-order valence-electron chi connectivity index (χ3n) is 6.96. The van der Waals surface area contributed by atoms with Gasteiger partial charge in [-0.2, -0.15) is 0 Å². The number of hydrogen-bond donors (Lipinski definition) is 1. The molecule has 7 nitrogen and oxygen atoms in total. The van der Waals surface area contributed by atoms with Crippen LogP contribution in [0.25, 0.3) is 0 Å². The minimum absolute atomic E-state index is 0.254. The average molecular weight is 438 g/mol. The molecule has 4 rings (SSSR count). The van der Waals surface area contributed by atoms with E-state index in [1.807, 2.05) is 43.5 Å². The summed E-state index contributed by atoms with van der Waals surface area (Å²) >= 11 is 0. The molecule has 1 spiro atoms. The molecule has 1 N–H and O–H groups in total. The predicted molar refractivity (Wildman–Crippen MR) is 126 cm³/mol. The van der Waals surface area contributed by atoms with Gasteiger partial charge in [0, 0.05) is 38.6 Å². The Morgan fingerprint density at radius 3 is 2.56 bits per heavy atom. The number of benzene rings is 1. The number of piperidine rings is 1. The molecule has 2 aliphatic heterocycles. The van der Waals surface area contributed by atoms with E-state index in [0.717, 1.165) is 69.5 Å². The lowest BCUT2D eigenvalue weighted by Crippen LogP contribution is -2.50. The number of aromatic nitrogens is 2. The van der Waals surface area contributed by atoms with Gasteiger partial charge in [-0.25, -0.2) is 9.97 Å². The summed E-state index contributed by atoms with van der Waals surface area (Å²) in [7, 11) is 3.75. The zero-order valence-electron chi connectivity index (χ0n) is 19.3. The van der Waals surface area contributed by atoms with E-state index < -0.39 is 0 Å². The molecule has 1 fully saturated rings. The van der Waals surface area contributed by atoms with Crippen LogP contribution in [-0.4, -0.2) is 66.0 Å². The Hall–Kier alpha value is -2.67. The summed E-state index contributed by atoms with van der Waals surface area (Å²) < 4.78 is 6.04. The molecular formula is C25H35N5O2. The number of likely N-dealkylation sites (N-methyl/N-ethyl adjacent to an activating group) is 1. The molecule has 0 atom stereocenters. The lowest BCUT2D eigenvalue weighted by Gasteiger charge is -2.43. The average Bonchev–Trinajstić information content (AvgIpc) is 2.83. The van der Waals surface area contributed by atoms with Crippen LogP contribution in [0.3, 0.4) is 0 Å². The summed E-state index contributed by atoms with van der Waals surface area (Å²) in [4.78, 5) is 26.5. The van der Waals surface area contributed by atoms with Gasteiger partial charge in [-0.3, -0.25) is 9.69 Å². The van der Waals surface area contributed by atoms with Crippen molar-refractivity contribution in [3.05, 3.63) is 47.8 Å². The van der Waals surface area contributed by atoms with Gasteiger partial charge < -0.3 is 15.0 Å². The number of likely N-dealkylation sites (tertiary alicyclic amines) is 1. The first-order chi connectivity index (χ1) is 15.6. The van der Waals surface area contributed by atoms with Crippen LogP contribution >= 0.6 is 0 Å². The molecular weight excluding hydrogens is 402 g/mol. The van der Waals surface area contributed by atoms with E-state index in [0.29, 0.717) is 19.1 Å². The fourth-order valence-electron chi connectivity index (χ4n) is 4.96. The highest BCUT2D eigenvalue weighted by Gasteiger charge is 2.42. The van der Waals surface area contributed by atoms with Crippen molar-refractivity contribution in [1.82, 2.24) is 19.8 Å². The van der Waals surface area contributed by atoms with Gasteiger partial charge in [-0.15, -0.1) is 0 Å². The maximum atomic E-state index is 13.5. The van der Waals surface area contributed by atoms with Crippen molar-refractivity contribution >= 4 is 11.9 Å². The van der Waals surface area contributed by atoms with E-state index >= 15 is 0 Å². The second-order valence-electron chi connectivity index (χ2n) is 9.11. The lowest BCUT2D eigenvalue weighted by atomic mass is 9.73. The zero-order valence-corrected chi connectivity index (χ0v) is 19.3. The van der Waals surface area contributed by atoms with Crippen LogP contribution in [0.4, 0.5) is 5.95 Å². The molecule has 2 aromatic rings. The highest BCUT2D eigenvalue weighted by molar-refractivity contribution is 5.82. The van der Waals surface area contributed by atoms with Gasteiger partial charge in [-0.1, -0.05) is 24.6 Å². The molecule has 1 aromatic heterocycles. The van der Waals surface area contributed by atoms with Crippen LogP contribution in [0.1, 0.15) is 43.2 Å². The number of aryl methyl sites for hydroxylation is 1. The number of amides is 1. The van der Waals surface area contributed by atoms with E-state index in [9.17, 15) is 4.79 Å². The van der Waals surface area contributed by atoms with Crippen molar-refractivity contribution in [2.24, 2.45) is 5.41 Å². The first-order valence-electron chi connectivity index (χ1n) is 11.8. The van der Waals surface area contributed by atoms with Gasteiger partial charge in [0.15, 0.2) is 0 Å². The summed E-state index contributed by atoms with van der Waals surface area (Å²) in [6.45, 7) is 3.83. The Kier molecular flexibility index (Phi) is 7.25. The third-order valence-corrected chi connectivity index (χ3v) is 6.96. The molecule has 1 amide bonds. The molecule has 1 aromatic carbocycles. The molecule has 0 saturated carbocycles. The van der Waals surface area contributed by atoms with Gasteiger partial charge in [0.05, 0.1) is 12.0 Å². The number of ether oxygens (including phenoxy) is 1. The fraction of sp³-hybridized carbons (Fsp3) is 0.560. The number of para-hydroxylation sites is 1. The SMILES string of the molecule is CNc1ncc(CN2CCC3(CCCCc4ccccc4OCCN(C)C3=O)CC2)cn1. The fourth-order valence-corrected chi connectivity index (χ4v) is 4.96. The summed E-state index contributed by atoms with van der Waals surface area (Å²) in [5.41, 5.74) is 2.13. The van der Waals surface area contributed by atoms with Crippen LogP contribution in [0.2, 0.25) is 0 Å². The van der Waals surface area contributed by atoms with E-state index in [2.05, 4.69) is 32.3 Å². The molecule has 0 bridgehead atoms. The highest BCUT2D eigenvalue weighted by atomic mass is 16.5. The minimum atomic E-state index is -0.254. The molecule has 0 aliphatic carbocycles. The van der Waals surface area contributed by atoms with Crippen molar-refractivity contribution in [2.75, 3.05) is 45.7 Å². The molecule has 0 radical (unpaired) electrons. The number of hydrogen-bond acceptors (Lipinski definition) is 6. The Balaban J connectivity index is 1.40. The minimum Gasteiger partial charge on any atom is -0.491 e. The Morgan fingerprint density at radius 2 is 1.81 bits per heavy atom. The van der Waals surface area contributed by atoms with Crippen molar-refractivity contribution in [2.45, 2.75) is 45.1 Å². The van der Waals surface area contributed by atoms with Crippen LogP contribution < -0.4 is 10.1 Å². The lowest BCUT2D eigenvalue weighted by molar-refractivity contribution is -0.145. The second-order valence-corrected chi connectivity index (χ2v) is 9.11. The van der Waals surface area contributed by atoms with Crippen molar-refractivity contribution in [3.63, 3.8) is 0 Å². The van der Waals surface area contributed by atoms with Gasteiger partial charge in [0.2, 0.25) is 11.9 Å². The predicted octanol–water partition coefficient (Wildman–Crippen LogP) is 3.36. The molecule has 7 heteroatoms. The molecule has 172 valence electrons. The topological polar surface area (TPSA) is 70.6 Å². The number of carbonyl (C=O) groups is 1. The number of anilines is 1. The van der Waals surface area contributed by atoms with Crippen molar-refractivity contribution in [1.29, 1.82) is 0 Å². The summed E-state index contributed by atoms with van der Waals surface area (Å²) in [5, 5.41) is 2.95. The first kappa shape index (κ1) is 22.5. The standard InChI is InChI=1S/C25H35N5O2/c1-26-24-27-17-20(18-28-24)19-30-13-11-25(12-14-30)10-6-5-8-21-7-3-4-9-22(21)32-16-15-29(2)23(25)31/h3-4,7,9,17-18H,5-6,8,10-16,19H2,1-2H3,(H,26,27,28). The smallest absolute Gasteiger partial charge is 0.228 e. The van der Waals surface area contributed by atoms with Crippen molar-refractivity contribution < 1.29 is 9.53 Å². The molecule has 3 heterocycles. The highest BCUT2D eigenvalue weighted by Crippen LogP contribution is 2.39. The number of carbonyl (C=O) groups excluding carboxylic acids is 1. The van der Waals surface area contributed by atoms with Crippen LogP contribution in [0.15, 0.2) is 36.7 Å². The summed E-state index contributed by atoms with van der Waals surface area (Å²) in [6, 6.07) is 8.30. The van der Waals surface area contributed by atoms with Gasteiger partial charge in [-0.05, 0) is 56.8 Å². The number of rotatable bonds is 3. The second kappa shape index (κ2) is 10.3. The monoisotopic (exact) mass is 437 g/mol. The van der Waals surface area contributed by atoms with Crippen LogP contribution in [-0.2, 0) is 17.8 Å². The molecule has 0 unspecified atom stereocenters. The van der Waals surface area contributed by atoms with Gasteiger partial charge in [0.25, 0.3) is 0 Å². The van der Waals surface area contributed by atoms with Crippen molar-refractivity contribution in [3.8, 4) is 5.75 Å². The Morgan fingerprint density at radius 1 is 1.06 bits per heavy atom. The number of fused-ring (bicyclic) bond motifs is 1. The quantitative estimate of drug-likeness (QED) is 0.794. The van der Waals surface area contributed by atoms with E-state index in [1.165, 1.54) is 5.56 Å². The maximum absolute atomic E-state index is 13.5. The summed E-state index contributed by atoms with van der Waals surface area (Å²) in [6.07, 6.45) is 9.70. The largest absolute Gasteiger partial charge is 0.491 e. The van der Waals surface area contributed by atoms with E-state index in [1.54, 1.807) is 0 Å². The normalized spacial score (nSPS) is 20.1. The Bertz CT molecular complexity index is 893. The molecule has 2 aliphatic rings. The zero-order chi connectivity index (χ0) is 22.4. The molecule has 32 heavy (non-hydrogen) atoms. The maximum Gasteiger partial charge on any atom is 0.228 e. The molecule has 1 saturated heterocycles. The van der Waals surface area contributed by atoms with Gasteiger partial charge in [0.1, 0.15) is 12.4 Å². The summed E-state index contributed by atoms with van der Waals surface area (Å²) in [5.74, 6) is 1.89. The Labute approximate surface area is 191 Å². The third kappa shape index (κ3) is 5.21. The first-order valence-corrected chi connectivity index (χ1v) is 11.8. The van der Waals surface area contributed by atoms with Gasteiger partial charge >= 0.3 is 0 Å². The number of nitrogens with zero attached hydrogens (tertiary/aromatic N) is 4.